The van der Waals surface area contributed by atoms with Gasteiger partial charge in [-0.1, -0.05) is 13.8 Å². The molecule has 1 unspecified atom stereocenters. The maximum atomic E-state index is 12.9. The van der Waals surface area contributed by atoms with Gasteiger partial charge in [-0.15, -0.1) is 0 Å². The first-order chi connectivity index (χ1) is 10.2. The topological polar surface area (TPSA) is 50.2 Å². The van der Waals surface area contributed by atoms with Crippen molar-refractivity contribution < 1.29 is 4.79 Å². The van der Waals surface area contributed by atoms with Gasteiger partial charge in [0.05, 0.1) is 11.3 Å². The molecule has 0 spiro atoms. The minimum Gasteiger partial charge on any atom is -0.338 e. The van der Waals surface area contributed by atoms with Crippen LogP contribution in [-0.2, 0) is 13.5 Å². The van der Waals surface area contributed by atoms with Gasteiger partial charge < -0.3 is 10.2 Å². The van der Waals surface area contributed by atoms with Crippen LogP contribution in [0.5, 0.6) is 0 Å². The van der Waals surface area contributed by atoms with Crippen LogP contribution in [0.3, 0.4) is 0 Å². The summed E-state index contributed by atoms with van der Waals surface area (Å²) in [6, 6.07) is 0. The van der Waals surface area contributed by atoms with Gasteiger partial charge in [0.1, 0.15) is 0 Å². The van der Waals surface area contributed by atoms with Crippen LogP contribution < -0.4 is 5.32 Å². The second-order valence-electron chi connectivity index (χ2n) is 5.98. The molecule has 1 amide bonds. The van der Waals surface area contributed by atoms with Gasteiger partial charge in [0.15, 0.2) is 0 Å². The molecule has 2 heterocycles. The van der Waals surface area contributed by atoms with Crippen LogP contribution in [0, 0.1) is 5.92 Å². The summed E-state index contributed by atoms with van der Waals surface area (Å²) in [6.45, 7) is 8.00. The highest BCUT2D eigenvalue weighted by Crippen LogP contribution is 2.16. The van der Waals surface area contributed by atoms with E-state index in [1.807, 2.05) is 25.1 Å². The Hall–Kier alpha value is -1.36. The van der Waals surface area contributed by atoms with Crippen LogP contribution in [0.2, 0.25) is 0 Å². The highest BCUT2D eigenvalue weighted by molar-refractivity contribution is 5.95. The molecule has 1 atom stereocenters. The van der Waals surface area contributed by atoms with E-state index >= 15 is 0 Å². The Labute approximate surface area is 127 Å². The maximum absolute atomic E-state index is 12.9. The number of carbonyl (C=O) groups is 1. The van der Waals surface area contributed by atoms with E-state index in [2.05, 4.69) is 17.3 Å². The lowest BCUT2D eigenvalue weighted by molar-refractivity contribution is 0.0717. The lowest BCUT2D eigenvalue weighted by Crippen LogP contribution is -2.41. The van der Waals surface area contributed by atoms with Gasteiger partial charge in [-0.25, -0.2) is 0 Å². The average molecular weight is 292 g/mol. The van der Waals surface area contributed by atoms with Gasteiger partial charge in [0.25, 0.3) is 5.91 Å². The van der Waals surface area contributed by atoms with E-state index in [1.54, 1.807) is 4.68 Å². The summed E-state index contributed by atoms with van der Waals surface area (Å²) in [6.07, 6.45) is 6.09. The standard InChI is InChI=1S/C16H28N4O/c1-4-9-20(11-13-7-6-8-17-10-13)16(21)14-12-19(3)18-15(14)5-2/h12-13,17H,4-11H2,1-3H3. The van der Waals surface area contributed by atoms with E-state index in [0.29, 0.717) is 5.92 Å². The van der Waals surface area contributed by atoms with Crippen LogP contribution in [0.4, 0.5) is 0 Å². The van der Waals surface area contributed by atoms with E-state index in [9.17, 15) is 4.79 Å². The molecule has 1 fully saturated rings. The van der Waals surface area contributed by atoms with Crippen LogP contribution in [0.15, 0.2) is 6.20 Å². The Morgan fingerprint density at radius 3 is 2.95 bits per heavy atom. The number of rotatable bonds is 6. The summed E-state index contributed by atoms with van der Waals surface area (Å²) in [4.78, 5) is 14.9. The lowest BCUT2D eigenvalue weighted by atomic mass is 9.98. The quantitative estimate of drug-likeness (QED) is 0.870. The molecule has 1 aromatic rings. The van der Waals surface area contributed by atoms with Gasteiger partial charge in [-0.2, -0.15) is 5.10 Å². The van der Waals surface area contributed by atoms with Crippen molar-refractivity contribution in [3.8, 4) is 0 Å². The summed E-state index contributed by atoms with van der Waals surface area (Å²) in [5.74, 6) is 0.725. The summed E-state index contributed by atoms with van der Waals surface area (Å²) < 4.78 is 1.75. The number of hydrogen-bond acceptors (Lipinski definition) is 3. The first-order valence-electron chi connectivity index (χ1n) is 8.18. The number of aromatic nitrogens is 2. The van der Waals surface area contributed by atoms with Crippen molar-refractivity contribution in [2.45, 2.75) is 39.5 Å². The predicted molar refractivity (Wildman–Crippen MR) is 84.4 cm³/mol. The molecule has 2 rings (SSSR count). The fraction of sp³-hybridized carbons (Fsp3) is 0.750. The van der Waals surface area contributed by atoms with Crippen molar-refractivity contribution in [1.82, 2.24) is 20.0 Å². The Morgan fingerprint density at radius 1 is 1.52 bits per heavy atom. The summed E-state index contributed by atoms with van der Waals surface area (Å²) in [7, 11) is 1.88. The second-order valence-corrected chi connectivity index (χ2v) is 5.98. The summed E-state index contributed by atoms with van der Waals surface area (Å²) in [5, 5.41) is 7.83. The van der Waals surface area contributed by atoms with E-state index in [1.165, 1.54) is 12.8 Å². The number of nitrogens with one attached hydrogen (secondary N) is 1. The monoisotopic (exact) mass is 292 g/mol. The van der Waals surface area contributed by atoms with Crippen LogP contribution in [0.1, 0.15) is 49.2 Å². The van der Waals surface area contributed by atoms with Crippen LogP contribution in [0.25, 0.3) is 0 Å². The predicted octanol–water partition coefficient (Wildman–Crippen LogP) is 1.83. The normalized spacial score (nSPS) is 18.7. The fourth-order valence-corrected chi connectivity index (χ4v) is 3.08. The average Bonchev–Trinajstić information content (AvgIpc) is 2.88. The molecule has 1 aliphatic heterocycles. The number of carbonyl (C=O) groups excluding carboxylic acids is 1. The zero-order chi connectivity index (χ0) is 15.2. The molecular formula is C16H28N4O. The van der Waals surface area contributed by atoms with Crippen molar-refractivity contribution in [3.05, 3.63) is 17.5 Å². The smallest absolute Gasteiger partial charge is 0.257 e. The molecule has 118 valence electrons. The molecule has 0 aliphatic carbocycles. The molecule has 5 nitrogen and oxygen atoms in total. The first kappa shape index (κ1) is 16.0. The first-order valence-corrected chi connectivity index (χ1v) is 8.18. The Kier molecular flexibility index (Phi) is 5.79. The molecule has 1 aliphatic rings. The van der Waals surface area contributed by atoms with Gasteiger partial charge in [-0.05, 0) is 44.7 Å². The van der Waals surface area contributed by atoms with E-state index in [0.717, 1.165) is 50.3 Å². The van der Waals surface area contributed by atoms with Crippen molar-refractivity contribution >= 4 is 5.91 Å². The summed E-state index contributed by atoms with van der Waals surface area (Å²) >= 11 is 0. The van der Waals surface area contributed by atoms with Crippen molar-refractivity contribution in [1.29, 1.82) is 0 Å². The van der Waals surface area contributed by atoms with E-state index in [4.69, 9.17) is 0 Å². The van der Waals surface area contributed by atoms with E-state index in [-0.39, 0.29) is 5.91 Å². The third kappa shape index (κ3) is 4.06. The molecule has 0 bridgehead atoms. The molecule has 1 aromatic heterocycles. The highest BCUT2D eigenvalue weighted by Gasteiger charge is 2.24. The fourth-order valence-electron chi connectivity index (χ4n) is 3.08. The molecule has 0 saturated carbocycles. The van der Waals surface area contributed by atoms with E-state index < -0.39 is 0 Å². The Morgan fingerprint density at radius 2 is 2.33 bits per heavy atom. The lowest BCUT2D eigenvalue weighted by Gasteiger charge is -2.30. The number of aryl methyl sites for hydroxylation is 2. The Balaban J connectivity index is 2.10. The molecule has 1 N–H and O–H groups in total. The third-order valence-corrected chi connectivity index (χ3v) is 4.13. The largest absolute Gasteiger partial charge is 0.338 e. The van der Waals surface area contributed by atoms with Crippen LogP contribution >= 0.6 is 0 Å². The van der Waals surface area contributed by atoms with Gasteiger partial charge >= 0.3 is 0 Å². The number of piperidine rings is 1. The zero-order valence-corrected chi connectivity index (χ0v) is 13.6. The minimum atomic E-state index is 0.146. The van der Waals surface area contributed by atoms with Gasteiger partial charge in [0.2, 0.25) is 0 Å². The van der Waals surface area contributed by atoms with Crippen molar-refractivity contribution in [2.24, 2.45) is 13.0 Å². The van der Waals surface area contributed by atoms with Gasteiger partial charge in [-0.3, -0.25) is 9.48 Å². The SMILES string of the molecule is CCCN(CC1CCCNC1)C(=O)c1cn(C)nc1CC. The molecule has 0 aromatic carbocycles. The number of nitrogens with zero attached hydrogens (tertiary/aromatic N) is 3. The zero-order valence-electron chi connectivity index (χ0n) is 13.6. The molecule has 0 radical (unpaired) electrons. The highest BCUT2D eigenvalue weighted by atomic mass is 16.2. The van der Waals surface area contributed by atoms with Crippen molar-refractivity contribution in [2.75, 3.05) is 26.2 Å². The number of amides is 1. The maximum Gasteiger partial charge on any atom is 0.257 e. The van der Waals surface area contributed by atoms with Gasteiger partial charge in [0, 0.05) is 26.3 Å². The third-order valence-electron chi connectivity index (χ3n) is 4.13. The molecule has 5 heteroatoms. The summed E-state index contributed by atoms with van der Waals surface area (Å²) in [5.41, 5.74) is 1.68. The second kappa shape index (κ2) is 7.59. The number of hydrogen-bond donors (Lipinski definition) is 1. The molecular weight excluding hydrogens is 264 g/mol. The minimum absolute atomic E-state index is 0.146. The molecule has 21 heavy (non-hydrogen) atoms. The van der Waals surface area contributed by atoms with Crippen LogP contribution in [-0.4, -0.2) is 46.8 Å². The van der Waals surface area contributed by atoms with Crippen molar-refractivity contribution in [3.63, 3.8) is 0 Å². The Bertz CT molecular complexity index is 463. The molecule has 1 saturated heterocycles.